The third kappa shape index (κ3) is 3.85. The third-order valence-electron chi connectivity index (χ3n) is 5.11. The molecule has 1 aliphatic rings. The topological polar surface area (TPSA) is 56.2 Å². The molecule has 1 saturated heterocycles. The van der Waals surface area contributed by atoms with Crippen LogP contribution in [0.3, 0.4) is 0 Å². The lowest BCUT2D eigenvalue weighted by Crippen LogP contribution is -2.40. The van der Waals surface area contributed by atoms with Crippen molar-refractivity contribution >= 4 is 5.91 Å². The normalized spacial score (nSPS) is 16.7. The van der Waals surface area contributed by atoms with E-state index in [1.165, 1.54) is 5.56 Å². The molecule has 1 atom stereocenters. The van der Waals surface area contributed by atoms with E-state index >= 15 is 0 Å². The van der Waals surface area contributed by atoms with Gasteiger partial charge in [-0.15, -0.1) is 0 Å². The molecular weight excluding hydrogens is 350 g/mol. The van der Waals surface area contributed by atoms with Crippen molar-refractivity contribution in [3.8, 4) is 16.9 Å². The molecule has 1 amide bonds. The van der Waals surface area contributed by atoms with Crippen LogP contribution in [0.1, 0.15) is 34.3 Å². The van der Waals surface area contributed by atoms with E-state index in [2.05, 4.69) is 31.3 Å². The van der Waals surface area contributed by atoms with E-state index in [-0.39, 0.29) is 11.9 Å². The molecule has 1 aromatic heterocycles. The zero-order valence-corrected chi connectivity index (χ0v) is 16.3. The van der Waals surface area contributed by atoms with Gasteiger partial charge in [0.2, 0.25) is 0 Å². The van der Waals surface area contributed by atoms with Gasteiger partial charge in [-0.2, -0.15) is 5.10 Å². The SMILES string of the molecule is Cc1ccc(-c2nn(-c3ccccc3)cc2C(=O)NC2CCCOC2)c(C)c1. The number of rotatable bonds is 4. The van der Waals surface area contributed by atoms with E-state index in [4.69, 9.17) is 9.84 Å². The molecule has 0 radical (unpaired) electrons. The van der Waals surface area contributed by atoms with Gasteiger partial charge in [0, 0.05) is 18.4 Å². The number of carbonyl (C=O) groups excluding carboxylic acids is 1. The fourth-order valence-electron chi connectivity index (χ4n) is 3.65. The van der Waals surface area contributed by atoms with Crippen LogP contribution in [0, 0.1) is 13.8 Å². The van der Waals surface area contributed by atoms with Crippen molar-refractivity contribution in [3.05, 3.63) is 71.4 Å². The first-order chi connectivity index (χ1) is 13.6. The van der Waals surface area contributed by atoms with E-state index in [0.29, 0.717) is 17.9 Å². The average Bonchev–Trinajstić information content (AvgIpc) is 3.15. The molecule has 0 bridgehead atoms. The van der Waals surface area contributed by atoms with Gasteiger partial charge in [0.15, 0.2) is 0 Å². The molecule has 1 aliphatic heterocycles. The van der Waals surface area contributed by atoms with E-state index in [1.54, 1.807) is 4.68 Å². The smallest absolute Gasteiger partial charge is 0.255 e. The van der Waals surface area contributed by atoms with Gasteiger partial charge in [0.1, 0.15) is 5.69 Å². The number of hydrogen-bond acceptors (Lipinski definition) is 3. The van der Waals surface area contributed by atoms with Crippen LogP contribution in [-0.4, -0.2) is 34.9 Å². The monoisotopic (exact) mass is 375 g/mol. The Morgan fingerprint density at radius 2 is 2.00 bits per heavy atom. The highest BCUT2D eigenvalue weighted by Gasteiger charge is 2.23. The molecule has 1 fully saturated rings. The Morgan fingerprint density at radius 3 is 2.71 bits per heavy atom. The van der Waals surface area contributed by atoms with E-state index in [0.717, 1.165) is 36.3 Å². The predicted molar refractivity (Wildman–Crippen MR) is 110 cm³/mol. The van der Waals surface area contributed by atoms with Crippen LogP contribution in [0.4, 0.5) is 0 Å². The Bertz CT molecular complexity index is 973. The molecule has 144 valence electrons. The molecule has 28 heavy (non-hydrogen) atoms. The highest BCUT2D eigenvalue weighted by molar-refractivity contribution is 6.00. The molecule has 5 heteroatoms. The number of nitrogens with zero attached hydrogens (tertiary/aromatic N) is 2. The first-order valence-corrected chi connectivity index (χ1v) is 9.73. The Hall–Kier alpha value is -2.92. The van der Waals surface area contributed by atoms with Crippen molar-refractivity contribution in [2.45, 2.75) is 32.7 Å². The second kappa shape index (κ2) is 7.98. The lowest BCUT2D eigenvalue weighted by atomic mass is 10.00. The first-order valence-electron chi connectivity index (χ1n) is 9.73. The van der Waals surface area contributed by atoms with Crippen LogP contribution >= 0.6 is 0 Å². The van der Waals surface area contributed by atoms with Crippen molar-refractivity contribution in [3.63, 3.8) is 0 Å². The number of ether oxygens (including phenoxy) is 1. The summed E-state index contributed by atoms with van der Waals surface area (Å²) in [5.41, 5.74) is 5.48. The fraction of sp³-hybridized carbons (Fsp3) is 0.304. The quantitative estimate of drug-likeness (QED) is 0.748. The zero-order valence-electron chi connectivity index (χ0n) is 16.3. The van der Waals surface area contributed by atoms with Crippen molar-refractivity contribution in [1.29, 1.82) is 0 Å². The molecule has 0 spiro atoms. The van der Waals surface area contributed by atoms with E-state index < -0.39 is 0 Å². The molecule has 2 aromatic carbocycles. The summed E-state index contributed by atoms with van der Waals surface area (Å²) in [4.78, 5) is 13.1. The van der Waals surface area contributed by atoms with Crippen molar-refractivity contribution in [2.75, 3.05) is 13.2 Å². The van der Waals surface area contributed by atoms with Crippen molar-refractivity contribution < 1.29 is 9.53 Å². The number of aromatic nitrogens is 2. The highest BCUT2D eigenvalue weighted by Crippen LogP contribution is 2.27. The maximum atomic E-state index is 13.1. The highest BCUT2D eigenvalue weighted by atomic mass is 16.5. The maximum Gasteiger partial charge on any atom is 0.255 e. The van der Waals surface area contributed by atoms with Crippen molar-refractivity contribution in [1.82, 2.24) is 15.1 Å². The standard InChI is InChI=1S/C23H25N3O2/c1-16-10-11-20(17(2)13-16)22-21(23(27)24-18-7-6-12-28-15-18)14-26(25-22)19-8-4-3-5-9-19/h3-5,8-11,13-14,18H,6-7,12,15H2,1-2H3,(H,24,27). The minimum Gasteiger partial charge on any atom is -0.379 e. The fourth-order valence-corrected chi connectivity index (χ4v) is 3.65. The predicted octanol–water partition coefficient (Wildman–Crippen LogP) is 4.06. The summed E-state index contributed by atoms with van der Waals surface area (Å²) in [6.45, 7) is 5.46. The minimum atomic E-state index is -0.104. The maximum absolute atomic E-state index is 13.1. The molecule has 4 rings (SSSR count). The molecule has 3 aromatic rings. The summed E-state index contributed by atoms with van der Waals surface area (Å²) < 4.78 is 7.28. The van der Waals surface area contributed by atoms with Crippen LogP contribution in [0.25, 0.3) is 16.9 Å². The zero-order chi connectivity index (χ0) is 19.5. The molecule has 0 saturated carbocycles. The lowest BCUT2D eigenvalue weighted by molar-refractivity contribution is 0.0624. The lowest BCUT2D eigenvalue weighted by Gasteiger charge is -2.23. The molecule has 0 aliphatic carbocycles. The Morgan fingerprint density at radius 1 is 1.18 bits per heavy atom. The van der Waals surface area contributed by atoms with E-state index in [9.17, 15) is 4.79 Å². The molecule has 1 N–H and O–H groups in total. The van der Waals surface area contributed by atoms with Crippen LogP contribution < -0.4 is 5.32 Å². The molecule has 1 unspecified atom stereocenters. The van der Waals surface area contributed by atoms with Gasteiger partial charge in [-0.25, -0.2) is 4.68 Å². The summed E-state index contributed by atoms with van der Waals surface area (Å²) in [6, 6.07) is 16.1. The summed E-state index contributed by atoms with van der Waals surface area (Å²) in [5, 5.41) is 7.90. The number of carbonyl (C=O) groups is 1. The van der Waals surface area contributed by atoms with Gasteiger partial charge >= 0.3 is 0 Å². The molecular formula is C23H25N3O2. The summed E-state index contributed by atoms with van der Waals surface area (Å²) in [5.74, 6) is -0.104. The van der Waals surface area contributed by atoms with Crippen LogP contribution in [0.5, 0.6) is 0 Å². The van der Waals surface area contributed by atoms with Crippen LogP contribution in [0.2, 0.25) is 0 Å². The minimum absolute atomic E-state index is 0.0493. The van der Waals surface area contributed by atoms with Gasteiger partial charge in [-0.1, -0.05) is 42.0 Å². The first kappa shape index (κ1) is 18.4. The Kier molecular flexibility index (Phi) is 5.26. The summed E-state index contributed by atoms with van der Waals surface area (Å²) in [6.07, 6.45) is 3.73. The van der Waals surface area contributed by atoms with Gasteiger partial charge in [0.05, 0.1) is 23.9 Å². The third-order valence-corrected chi connectivity index (χ3v) is 5.11. The average molecular weight is 375 g/mol. The number of hydrogen-bond donors (Lipinski definition) is 1. The van der Waals surface area contributed by atoms with Crippen molar-refractivity contribution in [2.24, 2.45) is 0 Å². The number of amides is 1. The summed E-state index contributed by atoms with van der Waals surface area (Å²) >= 11 is 0. The van der Waals surface area contributed by atoms with Gasteiger partial charge in [-0.3, -0.25) is 4.79 Å². The van der Waals surface area contributed by atoms with Gasteiger partial charge in [0.25, 0.3) is 5.91 Å². The summed E-state index contributed by atoms with van der Waals surface area (Å²) in [7, 11) is 0. The van der Waals surface area contributed by atoms with Crippen LogP contribution in [-0.2, 0) is 4.74 Å². The van der Waals surface area contributed by atoms with Gasteiger partial charge < -0.3 is 10.1 Å². The van der Waals surface area contributed by atoms with E-state index in [1.807, 2.05) is 42.6 Å². The second-order valence-electron chi connectivity index (χ2n) is 7.38. The number of aryl methyl sites for hydroxylation is 2. The number of nitrogens with one attached hydrogen (secondary N) is 1. The second-order valence-corrected chi connectivity index (χ2v) is 7.38. The van der Waals surface area contributed by atoms with Crippen LogP contribution in [0.15, 0.2) is 54.7 Å². The molecule has 2 heterocycles. The Labute approximate surface area is 165 Å². The largest absolute Gasteiger partial charge is 0.379 e. The number of benzene rings is 2. The van der Waals surface area contributed by atoms with Gasteiger partial charge in [-0.05, 0) is 44.4 Å². The Balaban J connectivity index is 1.74. The number of para-hydroxylation sites is 1. The molecule has 5 nitrogen and oxygen atoms in total.